The van der Waals surface area contributed by atoms with E-state index < -0.39 is 5.60 Å². The highest BCUT2D eigenvalue weighted by atomic mass is 16.3. The summed E-state index contributed by atoms with van der Waals surface area (Å²) in [5.74, 6) is 0.501. The number of aliphatic hydroxyl groups is 1. The number of amides is 1. The van der Waals surface area contributed by atoms with E-state index in [1.165, 1.54) is 0 Å². The molecule has 0 radical (unpaired) electrons. The number of aryl methyl sites for hydroxylation is 1. The second kappa shape index (κ2) is 7.88. The Hall–Kier alpha value is -1.73. The lowest BCUT2D eigenvalue weighted by Gasteiger charge is -2.43. The number of nitrogens with zero attached hydrogens (tertiary/aromatic N) is 4. The quantitative estimate of drug-likeness (QED) is 0.850. The molecule has 0 aromatic carbocycles. The summed E-state index contributed by atoms with van der Waals surface area (Å²) >= 11 is 0. The molecule has 0 aliphatic carbocycles. The van der Waals surface area contributed by atoms with Crippen molar-refractivity contribution in [2.75, 3.05) is 32.7 Å². The zero-order valence-corrected chi connectivity index (χ0v) is 15.9. The molecule has 26 heavy (non-hydrogen) atoms. The molecule has 2 aliphatic rings. The first-order valence-electron chi connectivity index (χ1n) is 9.58. The third-order valence-electron chi connectivity index (χ3n) is 5.75. The van der Waals surface area contributed by atoms with Gasteiger partial charge in [0.2, 0.25) is 5.91 Å². The lowest BCUT2D eigenvalue weighted by atomic mass is 9.90. The van der Waals surface area contributed by atoms with Crippen molar-refractivity contribution >= 4 is 5.91 Å². The molecule has 2 aliphatic heterocycles. The predicted molar refractivity (Wildman–Crippen MR) is 98.8 cm³/mol. The molecule has 3 heterocycles. The summed E-state index contributed by atoms with van der Waals surface area (Å²) in [4.78, 5) is 31.9. The molecule has 1 aromatic rings. The third kappa shape index (κ3) is 4.51. The molecule has 3 rings (SSSR count). The summed E-state index contributed by atoms with van der Waals surface area (Å²) in [5, 5.41) is 10.9. The molecule has 1 N–H and O–H groups in total. The minimum Gasteiger partial charge on any atom is -0.387 e. The number of piperidine rings is 2. The second-order valence-corrected chi connectivity index (χ2v) is 8.02. The third-order valence-corrected chi connectivity index (χ3v) is 5.75. The van der Waals surface area contributed by atoms with Gasteiger partial charge in [-0.15, -0.1) is 0 Å². The minimum atomic E-state index is -0.797. The number of hydrogen-bond acceptors (Lipinski definition) is 5. The molecule has 7 nitrogen and oxygen atoms in total. The Labute approximate surface area is 154 Å². The number of β-amino-alcohol motifs (C(OH)–C–C–N with tert-alkyl or cyclic N) is 1. The van der Waals surface area contributed by atoms with Crippen molar-refractivity contribution in [2.24, 2.45) is 5.92 Å². The molecule has 0 spiro atoms. The minimum absolute atomic E-state index is 0.0408. The van der Waals surface area contributed by atoms with Crippen LogP contribution in [0.1, 0.15) is 38.2 Å². The van der Waals surface area contributed by atoms with Gasteiger partial charge in [-0.3, -0.25) is 14.2 Å². The fourth-order valence-corrected chi connectivity index (χ4v) is 4.22. The highest BCUT2D eigenvalue weighted by molar-refractivity contribution is 5.73. The van der Waals surface area contributed by atoms with Crippen molar-refractivity contribution < 1.29 is 9.90 Å². The number of aromatic nitrogens is 2. The van der Waals surface area contributed by atoms with Crippen LogP contribution in [0.2, 0.25) is 0 Å². The van der Waals surface area contributed by atoms with Gasteiger partial charge in [-0.1, -0.05) is 0 Å². The van der Waals surface area contributed by atoms with E-state index in [1.807, 2.05) is 0 Å². The zero-order chi connectivity index (χ0) is 18.7. The summed E-state index contributed by atoms with van der Waals surface area (Å²) in [6.07, 6.45) is 6.86. The Balaban J connectivity index is 1.51. The van der Waals surface area contributed by atoms with Crippen molar-refractivity contribution in [3.63, 3.8) is 0 Å². The van der Waals surface area contributed by atoms with Crippen LogP contribution < -0.4 is 5.56 Å². The standard InChI is InChI=1S/C19H30N4O3/c1-15-10-20-14-23(18(15)25)11-17-4-8-21(9-5-17)12-19(26)6-3-7-22(13-19)16(2)24/h10,14,17,26H,3-9,11-13H2,1-2H3. The Morgan fingerprint density at radius 1 is 1.35 bits per heavy atom. The largest absolute Gasteiger partial charge is 0.387 e. The topological polar surface area (TPSA) is 78.7 Å². The Kier molecular flexibility index (Phi) is 5.77. The summed E-state index contributed by atoms with van der Waals surface area (Å²) in [7, 11) is 0. The summed E-state index contributed by atoms with van der Waals surface area (Å²) in [5.41, 5.74) is -0.0727. The monoisotopic (exact) mass is 362 g/mol. The van der Waals surface area contributed by atoms with E-state index in [4.69, 9.17) is 0 Å². The van der Waals surface area contributed by atoms with Gasteiger partial charge in [0.25, 0.3) is 5.56 Å². The van der Waals surface area contributed by atoms with Crippen molar-refractivity contribution in [3.05, 3.63) is 28.4 Å². The van der Waals surface area contributed by atoms with Gasteiger partial charge in [0.15, 0.2) is 0 Å². The average molecular weight is 362 g/mol. The van der Waals surface area contributed by atoms with Gasteiger partial charge in [0.05, 0.1) is 18.5 Å². The molecule has 2 fully saturated rings. The molecular weight excluding hydrogens is 332 g/mol. The first-order valence-corrected chi connectivity index (χ1v) is 9.58. The summed E-state index contributed by atoms with van der Waals surface area (Å²) in [6.45, 7) is 7.72. The molecule has 1 aromatic heterocycles. The van der Waals surface area contributed by atoms with Gasteiger partial charge in [-0.2, -0.15) is 0 Å². The van der Waals surface area contributed by atoms with Gasteiger partial charge >= 0.3 is 0 Å². The highest BCUT2D eigenvalue weighted by Crippen LogP contribution is 2.25. The smallest absolute Gasteiger partial charge is 0.256 e. The molecule has 144 valence electrons. The van der Waals surface area contributed by atoms with E-state index in [1.54, 1.807) is 35.8 Å². The van der Waals surface area contributed by atoms with Crippen LogP contribution in [0.5, 0.6) is 0 Å². The van der Waals surface area contributed by atoms with E-state index in [9.17, 15) is 14.7 Å². The Morgan fingerprint density at radius 2 is 2.08 bits per heavy atom. The van der Waals surface area contributed by atoms with Crippen molar-refractivity contribution in [3.8, 4) is 0 Å². The predicted octanol–water partition coefficient (Wildman–Crippen LogP) is 0.637. The molecular formula is C19H30N4O3. The molecule has 0 saturated carbocycles. The molecule has 1 unspecified atom stereocenters. The maximum Gasteiger partial charge on any atom is 0.256 e. The van der Waals surface area contributed by atoms with E-state index in [-0.39, 0.29) is 11.5 Å². The molecule has 7 heteroatoms. The lowest BCUT2D eigenvalue weighted by molar-refractivity contribution is -0.137. The molecule has 1 amide bonds. The first kappa shape index (κ1) is 19.0. The normalized spacial score (nSPS) is 25.4. The van der Waals surface area contributed by atoms with E-state index >= 15 is 0 Å². The Bertz CT molecular complexity index is 696. The number of carbonyl (C=O) groups excluding carboxylic acids is 1. The molecule has 0 bridgehead atoms. The first-order chi connectivity index (χ1) is 12.4. The lowest BCUT2D eigenvalue weighted by Crippen LogP contribution is -2.56. The van der Waals surface area contributed by atoms with Crippen molar-refractivity contribution in [2.45, 2.75) is 51.7 Å². The van der Waals surface area contributed by atoms with Crippen LogP contribution >= 0.6 is 0 Å². The number of hydrogen-bond donors (Lipinski definition) is 1. The molecule has 1 atom stereocenters. The average Bonchev–Trinajstić information content (AvgIpc) is 2.60. The van der Waals surface area contributed by atoms with E-state index in [0.29, 0.717) is 31.1 Å². The van der Waals surface area contributed by atoms with Crippen LogP contribution in [0.25, 0.3) is 0 Å². The van der Waals surface area contributed by atoms with Gasteiger partial charge in [-0.05, 0) is 51.6 Å². The summed E-state index contributed by atoms with van der Waals surface area (Å²) in [6, 6.07) is 0. The number of rotatable bonds is 4. The van der Waals surface area contributed by atoms with E-state index in [0.717, 1.165) is 45.3 Å². The van der Waals surface area contributed by atoms with Crippen LogP contribution in [-0.2, 0) is 11.3 Å². The number of carbonyl (C=O) groups is 1. The zero-order valence-electron chi connectivity index (χ0n) is 15.9. The Morgan fingerprint density at radius 3 is 2.77 bits per heavy atom. The van der Waals surface area contributed by atoms with E-state index in [2.05, 4.69) is 9.88 Å². The van der Waals surface area contributed by atoms with Gasteiger partial charge in [0, 0.05) is 38.3 Å². The highest BCUT2D eigenvalue weighted by Gasteiger charge is 2.36. The van der Waals surface area contributed by atoms with Crippen LogP contribution in [0.15, 0.2) is 17.3 Å². The summed E-state index contributed by atoms with van der Waals surface area (Å²) < 4.78 is 1.72. The van der Waals surface area contributed by atoms with Gasteiger partial charge in [-0.25, -0.2) is 4.98 Å². The van der Waals surface area contributed by atoms with Crippen LogP contribution in [-0.4, -0.2) is 68.7 Å². The maximum absolute atomic E-state index is 12.1. The van der Waals surface area contributed by atoms with Gasteiger partial charge < -0.3 is 14.9 Å². The van der Waals surface area contributed by atoms with Crippen molar-refractivity contribution in [1.82, 2.24) is 19.4 Å². The van der Waals surface area contributed by atoms with Crippen LogP contribution in [0, 0.1) is 12.8 Å². The SMILES string of the molecule is CC(=O)N1CCCC(O)(CN2CCC(Cn3cncc(C)c3=O)CC2)C1. The van der Waals surface area contributed by atoms with Gasteiger partial charge in [0.1, 0.15) is 0 Å². The second-order valence-electron chi connectivity index (χ2n) is 8.02. The maximum atomic E-state index is 12.1. The fourth-order valence-electron chi connectivity index (χ4n) is 4.22. The molecule has 2 saturated heterocycles. The van der Waals surface area contributed by atoms with Crippen molar-refractivity contribution in [1.29, 1.82) is 0 Å². The fraction of sp³-hybridized carbons (Fsp3) is 0.737. The van der Waals surface area contributed by atoms with Crippen LogP contribution in [0.3, 0.4) is 0 Å². The number of likely N-dealkylation sites (tertiary alicyclic amines) is 2. The van der Waals surface area contributed by atoms with Crippen LogP contribution in [0.4, 0.5) is 0 Å².